The van der Waals surface area contributed by atoms with E-state index < -0.39 is 0 Å². The molecule has 3 rings (SSSR count). The highest BCUT2D eigenvalue weighted by atomic mass is 16.5. The van der Waals surface area contributed by atoms with Gasteiger partial charge in [0, 0.05) is 44.1 Å². The summed E-state index contributed by atoms with van der Waals surface area (Å²) < 4.78 is 13.0. The van der Waals surface area contributed by atoms with Gasteiger partial charge in [-0.25, -0.2) is 0 Å². The molecule has 0 radical (unpaired) electrons. The normalized spacial score (nSPS) is 20.9. The molecule has 1 fully saturated rings. The summed E-state index contributed by atoms with van der Waals surface area (Å²) in [6.45, 7) is 5.07. The SMILES string of the molecule is Cc1occc1CN(C)C(=O)[C@H]1CCO[C@@H]1c1cnn(C)c1C. The van der Waals surface area contributed by atoms with Gasteiger partial charge in [0.15, 0.2) is 0 Å². The number of amides is 1. The fourth-order valence-electron chi connectivity index (χ4n) is 3.14. The Labute approximate surface area is 136 Å². The summed E-state index contributed by atoms with van der Waals surface area (Å²) in [6.07, 6.45) is 4.01. The zero-order valence-corrected chi connectivity index (χ0v) is 14.1. The molecule has 6 heteroatoms. The number of aryl methyl sites for hydroxylation is 2. The maximum absolute atomic E-state index is 12.9. The minimum absolute atomic E-state index is 0.108. The number of hydrogen-bond donors (Lipinski definition) is 0. The third kappa shape index (κ3) is 2.91. The molecule has 2 aromatic heterocycles. The summed E-state index contributed by atoms with van der Waals surface area (Å²) >= 11 is 0. The molecule has 2 atom stereocenters. The maximum Gasteiger partial charge on any atom is 0.228 e. The number of carbonyl (C=O) groups is 1. The van der Waals surface area contributed by atoms with Crippen LogP contribution in [-0.4, -0.2) is 34.2 Å². The summed E-state index contributed by atoms with van der Waals surface area (Å²) in [7, 11) is 3.73. The maximum atomic E-state index is 12.9. The van der Waals surface area contributed by atoms with Crippen molar-refractivity contribution in [2.75, 3.05) is 13.7 Å². The summed E-state index contributed by atoms with van der Waals surface area (Å²) in [6, 6.07) is 1.91. The smallest absolute Gasteiger partial charge is 0.228 e. The second kappa shape index (κ2) is 6.20. The molecule has 0 aromatic carbocycles. The van der Waals surface area contributed by atoms with Gasteiger partial charge in [-0.3, -0.25) is 9.48 Å². The molecule has 0 N–H and O–H groups in total. The van der Waals surface area contributed by atoms with Gasteiger partial charge in [0.2, 0.25) is 5.91 Å². The van der Waals surface area contributed by atoms with Crippen molar-refractivity contribution in [3.05, 3.63) is 41.1 Å². The van der Waals surface area contributed by atoms with Crippen molar-refractivity contribution >= 4 is 5.91 Å². The highest BCUT2D eigenvalue weighted by Crippen LogP contribution is 2.37. The van der Waals surface area contributed by atoms with Crippen LogP contribution >= 0.6 is 0 Å². The molecule has 23 heavy (non-hydrogen) atoms. The monoisotopic (exact) mass is 317 g/mol. The molecule has 2 aromatic rings. The Morgan fingerprint density at radius 2 is 2.26 bits per heavy atom. The number of carbonyl (C=O) groups excluding carboxylic acids is 1. The van der Waals surface area contributed by atoms with Crippen LogP contribution in [0.3, 0.4) is 0 Å². The van der Waals surface area contributed by atoms with Crippen LogP contribution in [0, 0.1) is 19.8 Å². The number of ether oxygens (including phenoxy) is 1. The second-order valence-corrected chi connectivity index (χ2v) is 6.19. The second-order valence-electron chi connectivity index (χ2n) is 6.19. The van der Waals surface area contributed by atoms with Gasteiger partial charge in [0.1, 0.15) is 5.76 Å². The lowest BCUT2D eigenvalue weighted by atomic mass is 9.94. The Bertz CT molecular complexity index is 704. The van der Waals surface area contributed by atoms with Crippen molar-refractivity contribution in [3.63, 3.8) is 0 Å². The van der Waals surface area contributed by atoms with Gasteiger partial charge >= 0.3 is 0 Å². The number of rotatable bonds is 4. The van der Waals surface area contributed by atoms with Crippen LogP contribution in [0.2, 0.25) is 0 Å². The van der Waals surface area contributed by atoms with Gasteiger partial charge in [0.05, 0.1) is 24.5 Å². The highest BCUT2D eigenvalue weighted by Gasteiger charge is 2.38. The minimum atomic E-state index is -0.205. The van der Waals surface area contributed by atoms with E-state index in [4.69, 9.17) is 9.15 Å². The molecule has 0 unspecified atom stereocenters. The van der Waals surface area contributed by atoms with E-state index in [0.29, 0.717) is 13.2 Å². The van der Waals surface area contributed by atoms with Crippen molar-refractivity contribution in [1.82, 2.24) is 14.7 Å². The first kappa shape index (κ1) is 15.8. The van der Waals surface area contributed by atoms with Crippen molar-refractivity contribution in [1.29, 1.82) is 0 Å². The van der Waals surface area contributed by atoms with Crippen LogP contribution in [0.4, 0.5) is 0 Å². The Balaban J connectivity index is 1.75. The average Bonchev–Trinajstić information content (AvgIpc) is 3.22. The fourth-order valence-corrected chi connectivity index (χ4v) is 3.14. The Morgan fingerprint density at radius 1 is 1.48 bits per heavy atom. The first-order valence-corrected chi connectivity index (χ1v) is 7.87. The van der Waals surface area contributed by atoms with Crippen LogP contribution in [0.1, 0.15) is 35.1 Å². The zero-order valence-electron chi connectivity index (χ0n) is 14.1. The van der Waals surface area contributed by atoms with Gasteiger partial charge in [0.25, 0.3) is 0 Å². The van der Waals surface area contributed by atoms with Gasteiger partial charge < -0.3 is 14.1 Å². The lowest BCUT2D eigenvalue weighted by Crippen LogP contribution is -2.34. The summed E-state index contributed by atoms with van der Waals surface area (Å²) in [5.41, 5.74) is 3.09. The van der Waals surface area contributed by atoms with Gasteiger partial charge in [-0.1, -0.05) is 0 Å². The predicted molar refractivity (Wildman–Crippen MR) is 84.7 cm³/mol. The van der Waals surface area contributed by atoms with Crippen LogP contribution in [0.5, 0.6) is 0 Å². The third-order valence-electron chi connectivity index (χ3n) is 4.74. The average molecular weight is 317 g/mol. The van der Waals surface area contributed by atoms with E-state index in [1.807, 2.05) is 44.9 Å². The first-order chi connectivity index (χ1) is 11.0. The first-order valence-electron chi connectivity index (χ1n) is 7.87. The number of nitrogens with zero attached hydrogens (tertiary/aromatic N) is 3. The van der Waals surface area contributed by atoms with E-state index in [-0.39, 0.29) is 17.9 Å². The molecule has 0 bridgehead atoms. The van der Waals surface area contributed by atoms with Crippen molar-refractivity contribution in [3.8, 4) is 0 Å². The molecule has 0 saturated carbocycles. The van der Waals surface area contributed by atoms with Gasteiger partial charge in [-0.05, 0) is 26.3 Å². The highest BCUT2D eigenvalue weighted by molar-refractivity contribution is 5.79. The van der Waals surface area contributed by atoms with Crippen molar-refractivity contribution in [2.45, 2.75) is 32.9 Å². The van der Waals surface area contributed by atoms with Gasteiger partial charge in [-0.15, -0.1) is 0 Å². The van der Waals surface area contributed by atoms with Crippen LogP contribution in [0.25, 0.3) is 0 Å². The molecule has 1 amide bonds. The number of aromatic nitrogens is 2. The molecule has 1 aliphatic rings. The van der Waals surface area contributed by atoms with Crippen LogP contribution < -0.4 is 0 Å². The zero-order chi connectivity index (χ0) is 16.6. The molecule has 124 valence electrons. The van der Waals surface area contributed by atoms with Gasteiger partial charge in [-0.2, -0.15) is 5.10 Å². The topological polar surface area (TPSA) is 60.5 Å². The number of hydrogen-bond acceptors (Lipinski definition) is 4. The van der Waals surface area contributed by atoms with Crippen LogP contribution in [-0.2, 0) is 23.1 Å². The van der Waals surface area contributed by atoms with E-state index in [0.717, 1.165) is 29.0 Å². The van der Waals surface area contributed by atoms with E-state index in [1.54, 1.807) is 11.2 Å². The molecule has 6 nitrogen and oxygen atoms in total. The molecular formula is C17H23N3O3. The Morgan fingerprint density at radius 3 is 2.87 bits per heavy atom. The Hall–Kier alpha value is -2.08. The molecule has 0 aliphatic carbocycles. The van der Waals surface area contributed by atoms with Crippen LogP contribution in [0.15, 0.2) is 22.9 Å². The fraction of sp³-hybridized carbons (Fsp3) is 0.529. The van der Waals surface area contributed by atoms with E-state index in [1.165, 1.54) is 0 Å². The molecule has 1 saturated heterocycles. The summed E-state index contributed by atoms with van der Waals surface area (Å²) in [5, 5.41) is 4.27. The van der Waals surface area contributed by atoms with E-state index >= 15 is 0 Å². The lowest BCUT2D eigenvalue weighted by molar-refractivity contribution is -0.136. The predicted octanol–water partition coefficient (Wildman–Crippen LogP) is 2.37. The van der Waals surface area contributed by atoms with E-state index in [9.17, 15) is 4.79 Å². The number of furan rings is 1. The van der Waals surface area contributed by atoms with E-state index in [2.05, 4.69) is 5.10 Å². The third-order valence-corrected chi connectivity index (χ3v) is 4.74. The minimum Gasteiger partial charge on any atom is -0.469 e. The lowest BCUT2D eigenvalue weighted by Gasteiger charge is -2.24. The van der Waals surface area contributed by atoms with Crippen molar-refractivity contribution in [2.24, 2.45) is 13.0 Å². The largest absolute Gasteiger partial charge is 0.469 e. The molecular weight excluding hydrogens is 294 g/mol. The van der Waals surface area contributed by atoms with Crippen molar-refractivity contribution < 1.29 is 13.9 Å². The Kier molecular flexibility index (Phi) is 4.26. The molecule has 3 heterocycles. The molecule has 1 aliphatic heterocycles. The molecule has 0 spiro atoms. The summed E-state index contributed by atoms with van der Waals surface area (Å²) in [4.78, 5) is 14.6. The standard InChI is InChI=1S/C17H23N3O3/c1-11-15(9-18-20(11)4)16-14(6-8-23-16)17(21)19(3)10-13-5-7-22-12(13)2/h5,7,9,14,16H,6,8,10H2,1-4H3/t14-,16-/m0/s1. The summed E-state index contributed by atoms with van der Waals surface area (Å²) in [5.74, 6) is 0.804. The quantitative estimate of drug-likeness (QED) is 0.868.